The number of hydrogen-bond donors (Lipinski definition) is 1. The Kier molecular flexibility index (Phi) is 7.31. The Morgan fingerprint density at radius 1 is 1.09 bits per heavy atom. The predicted molar refractivity (Wildman–Crippen MR) is 124 cm³/mol. The van der Waals surface area contributed by atoms with Gasteiger partial charge in [-0.15, -0.1) is 0 Å². The van der Waals surface area contributed by atoms with Crippen molar-refractivity contribution in [3.63, 3.8) is 0 Å². The largest absolute Gasteiger partial charge is 0.352 e. The van der Waals surface area contributed by atoms with Crippen LogP contribution in [-0.2, 0) is 21.4 Å². The van der Waals surface area contributed by atoms with Crippen molar-refractivity contribution in [1.29, 1.82) is 0 Å². The van der Waals surface area contributed by atoms with E-state index in [2.05, 4.69) is 10.3 Å². The summed E-state index contributed by atoms with van der Waals surface area (Å²) in [5.74, 6) is -0.529. The molecule has 33 heavy (non-hydrogen) atoms. The molecule has 10 heteroatoms. The molecule has 1 N–H and O–H groups in total. The highest BCUT2D eigenvalue weighted by Gasteiger charge is 2.31. The maximum Gasteiger partial charge on any atom is 0.255 e. The molecule has 2 aliphatic heterocycles. The van der Waals surface area contributed by atoms with Crippen molar-refractivity contribution in [3.05, 3.63) is 58.9 Å². The van der Waals surface area contributed by atoms with Crippen molar-refractivity contribution >= 4 is 33.4 Å². The molecule has 2 aromatic rings. The molecule has 176 valence electrons. The minimum atomic E-state index is -3.64. The number of pyridine rings is 1. The predicted octanol–water partition coefficient (Wildman–Crippen LogP) is 2.69. The van der Waals surface area contributed by atoms with Gasteiger partial charge in [-0.25, -0.2) is 8.42 Å². The number of carbonyl (C=O) groups is 2. The molecule has 4 rings (SSSR count). The number of likely N-dealkylation sites (tertiary alicyclic amines) is 1. The minimum absolute atomic E-state index is 0.0392. The number of rotatable bonds is 6. The average molecular weight is 491 g/mol. The second-order valence-electron chi connectivity index (χ2n) is 8.40. The third kappa shape index (κ3) is 5.37. The molecule has 0 aliphatic carbocycles. The first-order chi connectivity index (χ1) is 15.9. The van der Waals surface area contributed by atoms with Gasteiger partial charge in [0, 0.05) is 51.0 Å². The summed E-state index contributed by atoms with van der Waals surface area (Å²) >= 11 is 6.27. The van der Waals surface area contributed by atoms with Crippen molar-refractivity contribution in [2.75, 3.05) is 26.2 Å². The molecule has 1 aromatic carbocycles. The topological polar surface area (TPSA) is 99.7 Å². The lowest BCUT2D eigenvalue weighted by atomic mass is 9.95. The normalized spacial score (nSPS) is 17.8. The van der Waals surface area contributed by atoms with E-state index in [1.165, 1.54) is 22.5 Å². The summed E-state index contributed by atoms with van der Waals surface area (Å²) in [6.45, 7) is 2.21. The van der Waals surface area contributed by atoms with Gasteiger partial charge in [0.05, 0.1) is 15.5 Å². The number of benzene rings is 1. The maximum absolute atomic E-state index is 13.1. The molecular formula is C23H27ClN4O4S. The molecule has 2 fully saturated rings. The quantitative estimate of drug-likeness (QED) is 0.671. The van der Waals surface area contributed by atoms with Crippen LogP contribution in [-0.4, -0.2) is 60.6 Å². The van der Waals surface area contributed by atoms with E-state index < -0.39 is 10.0 Å². The van der Waals surface area contributed by atoms with E-state index in [0.29, 0.717) is 45.6 Å². The first-order valence-corrected chi connectivity index (χ1v) is 12.9. The second-order valence-corrected chi connectivity index (χ2v) is 10.7. The number of halogens is 1. The van der Waals surface area contributed by atoms with Gasteiger partial charge < -0.3 is 10.2 Å². The van der Waals surface area contributed by atoms with Crippen LogP contribution in [0.4, 0.5) is 0 Å². The third-order valence-corrected chi connectivity index (χ3v) is 8.44. The molecule has 0 spiro atoms. The highest BCUT2D eigenvalue weighted by atomic mass is 35.5. The highest BCUT2D eigenvalue weighted by molar-refractivity contribution is 7.89. The van der Waals surface area contributed by atoms with Gasteiger partial charge in [0.2, 0.25) is 15.9 Å². The van der Waals surface area contributed by atoms with Gasteiger partial charge in [-0.1, -0.05) is 17.7 Å². The van der Waals surface area contributed by atoms with Crippen LogP contribution in [0.3, 0.4) is 0 Å². The number of nitrogens with one attached hydrogen (secondary N) is 1. The lowest BCUT2D eigenvalue weighted by molar-refractivity contribution is -0.126. The first kappa shape index (κ1) is 23.7. The Hall–Kier alpha value is -2.49. The van der Waals surface area contributed by atoms with Crippen molar-refractivity contribution < 1.29 is 18.0 Å². The van der Waals surface area contributed by atoms with Crippen molar-refractivity contribution in [1.82, 2.24) is 19.5 Å². The number of hydrogen-bond acceptors (Lipinski definition) is 5. The molecule has 0 saturated carbocycles. The summed E-state index contributed by atoms with van der Waals surface area (Å²) in [7, 11) is -3.64. The highest BCUT2D eigenvalue weighted by Crippen LogP contribution is 2.27. The van der Waals surface area contributed by atoms with Gasteiger partial charge in [-0.05, 0) is 55.5 Å². The third-order valence-electron chi connectivity index (χ3n) is 6.21. The van der Waals surface area contributed by atoms with Gasteiger partial charge >= 0.3 is 0 Å². The fourth-order valence-electron chi connectivity index (χ4n) is 4.26. The molecule has 3 heterocycles. The maximum atomic E-state index is 13.1. The fourth-order valence-corrected chi connectivity index (χ4v) is 6.00. The van der Waals surface area contributed by atoms with Crippen LogP contribution in [0.25, 0.3) is 0 Å². The van der Waals surface area contributed by atoms with Gasteiger partial charge in [-0.3, -0.25) is 14.6 Å². The number of nitrogens with zero attached hydrogens (tertiary/aromatic N) is 3. The van der Waals surface area contributed by atoms with Gasteiger partial charge in [0.1, 0.15) is 0 Å². The van der Waals surface area contributed by atoms with Crippen LogP contribution in [0.5, 0.6) is 0 Å². The molecular weight excluding hydrogens is 464 g/mol. The first-order valence-electron chi connectivity index (χ1n) is 11.1. The molecule has 0 unspecified atom stereocenters. The van der Waals surface area contributed by atoms with Crippen molar-refractivity contribution in [3.8, 4) is 0 Å². The molecule has 0 bridgehead atoms. The molecule has 2 aliphatic rings. The van der Waals surface area contributed by atoms with Crippen LogP contribution in [0.15, 0.2) is 47.6 Å². The van der Waals surface area contributed by atoms with Gasteiger partial charge in [-0.2, -0.15) is 4.31 Å². The van der Waals surface area contributed by atoms with Crippen LogP contribution in [0, 0.1) is 5.92 Å². The van der Waals surface area contributed by atoms with Gasteiger partial charge in [0.15, 0.2) is 0 Å². The SMILES string of the molecule is O=C(NCc1cccnc1)C1CCN(C(=O)c2cc(S(=O)(=O)N3CCCC3)ccc2Cl)CC1. The summed E-state index contributed by atoms with van der Waals surface area (Å²) in [5.41, 5.74) is 1.10. The smallest absolute Gasteiger partial charge is 0.255 e. The van der Waals surface area contributed by atoms with E-state index in [1.807, 2.05) is 12.1 Å². The number of aromatic nitrogens is 1. The Morgan fingerprint density at radius 3 is 2.48 bits per heavy atom. The lowest BCUT2D eigenvalue weighted by Crippen LogP contribution is -2.43. The summed E-state index contributed by atoms with van der Waals surface area (Å²) in [4.78, 5) is 31.4. The van der Waals surface area contributed by atoms with Crippen LogP contribution in [0.2, 0.25) is 5.02 Å². The van der Waals surface area contributed by atoms with E-state index in [0.717, 1.165) is 18.4 Å². The molecule has 8 nitrogen and oxygen atoms in total. The second kappa shape index (κ2) is 10.2. The zero-order valence-corrected chi connectivity index (χ0v) is 19.8. The van der Waals surface area contributed by atoms with Crippen molar-refractivity contribution in [2.45, 2.75) is 37.1 Å². The summed E-state index contributed by atoms with van der Waals surface area (Å²) in [5, 5.41) is 3.15. The number of amides is 2. The van der Waals surface area contributed by atoms with E-state index in [4.69, 9.17) is 11.6 Å². The van der Waals surface area contributed by atoms with E-state index in [-0.39, 0.29) is 33.2 Å². The van der Waals surface area contributed by atoms with Crippen LogP contribution in [0.1, 0.15) is 41.6 Å². The molecule has 2 amide bonds. The van der Waals surface area contributed by atoms with Crippen LogP contribution >= 0.6 is 11.6 Å². The standard InChI is InChI=1S/C23H27ClN4O4S/c24-21-6-5-19(33(31,32)28-10-1-2-11-28)14-20(21)23(30)27-12-7-18(8-13-27)22(29)26-16-17-4-3-9-25-15-17/h3-6,9,14-15,18H,1-2,7-8,10-13,16H2,(H,26,29). The van der Waals surface area contributed by atoms with E-state index in [1.54, 1.807) is 17.3 Å². The lowest BCUT2D eigenvalue weighted by Gasteiger charge is -2.31. The summed E-state index contributed by atoms with van der Waals surface area (Å²) in [6, 6.07) is 8.02. The Labute approximate surface area is 199 Å². The van der Waals surface area contributed by atoms with E-state index >= 15 is 0 Å². The minimum Gasteiger partial charge on any atom is -0.352 e. The van der Waals surface area contributed by atoms with E-state index in [9.17, 15) is 18.0 Å². The Balaban J connectivity index is 1.38. The monoisotopic (exact) mass is 490 g/mol. The number of piperidine rings is 1. The summed E-state index contributed by atoms with van der Waals surface area (Å²) in [6.07, 6.45) is 6.14. The zero-order valence-electron chi connectivity index (χ0n) is 18.2. The van der Waals surface area contributed by atoms with Gasteiger partial charge in [0.25, 0.3) is 5.91 Å². The Morgan fingerprint density at radius 2 is 1.82 bits per heavy atom. The molecule has 1 aromatic heterocycles. The van der Waals surface area contributed by atoms with Crippen LogP contribution < -0.4 is 5.32 Å². The fraction of sp³-hybridized carbons (Fsp3) is 0.435. The van der Waals surface area contributed by atoms with Crippen molar-refractivity contribution in [2.24, 2.45) is 5.92 Å². The Bertz CT molecular complexity index is 1110. The molecule has 2 saturated heterocycles. The number of carbonyl (C=O) groups excluding carboxylic acids is 2. The zero-order chi connectivity index (χ0) is 23.4. The summed E-state index contributed by atoms with van der Waals surface area (Å²) < 4.78 is 27.2. The molecule has 0 atom stereocenters. The number of sulfonamides is 1. The molecule has 0 radical (unpaired) electrons. The average Bonchev–Trinajstić information content (AvgIpc) is 3.39.